The maximum Gasteiger partial charge on any atom is 0.125 e. The lowest BCUT2D eigenvalue weighted by Gasteiger charge is -2.16. The summed E-state index contributed by atoms with van der Waals surface area (Å²) >= 11 is 0. The van der Waals surface area contributed by atoms with Gasteiger partial charge in [-0.25, -0.2) is 0 Å². The van der Waals surface area contributed by atoms with Crippen LogP contribution in [0.15, 0.2) is 12.1 Å². The number of aliphatic hydroxyl groups is 1. The predicted octanol–water partition coefficient (Wildman–Crippen LogP) is 2.32. The summed E-state index contributed by atoms with van der Waals surface area (Å²) in [6.07, 6.45) is 1.52. The molecule has 0 amide bonds. The predicted molar refractivity (Wildman–Crippen MR) is 81.0 cm³/mol. The van der Waals surface area contributed by atoms with Gasteiger partial charge in [0.2, 0.25) is 0 Å². The van der Waals surface area contributed by atoms with Gasteiger partial charge in [-0.15, -0.1) is 0 Å². The molecule has 0 bridgehead atoms. The fraction of sp³-hybridized carbons (Fsp3) is 0.625. The van der Waals surface area contributed by atoms with Crippen LogP contribution in [0.1, 0.15) is 36.5 Å². The molecule has 0 fully saturated rings. The molecule has 1 aromatic rings. The van der Waals surface area contributed by atoms with Gasteiger partial charge in [0.15, 0.2) is 0 Å². The number of aryl methyl sites for hydroxylation is 2. The summed E-state index contributed by atoms with van der Waals surface area (Å²) in [7, 11) is 0. The first-order chi connectivity index (χ1) is 9.58. The third kappa shape index (κ3) is 5.49. The molecule has 0 aliphatic rings. The van der Waals surface area contributed by atoms with Crippen LogP contribution in [-0.4, -0.2) is 31.0 Å². The highest BCUT2D eigenvalue weighted by atomic mass is 16.5. The molecule has 3 N–H and O–H groups in total. The Morgan fingerprint density at radius 2 is 1.85 bits per heavy atom. The van der Waals surface area contributed by atoms with E-state index in [0.29, 0.717) is 19.8 Å². The average molecular weight is 281 g/mol. The summed E-state index contributed by atoms with van der Waals surface area (Å²) in [5.74, 6) is 0.829. The van der Waals surface area contributed by atoms with Gasteiger partial charge in [-0.05, 0) is 37.0 Å². The molecule has 0 saturated heterocycles. The highest BCUT2D eigenvalue weighted by molar-refractivity contribution is 5.43. The Kier molecular flexibility index (Phi) is 7.59. The van der Waals surface area contributed by atoms with E-state index in [-0.39, 0.29) is 6.61 Å². The zero-order valence-corrected chi connectivity index (χ0v) is 12.8. The minimum Gasteiger partial charge on any atom is -0.490 e. The van der Waals surface area contributed by atoms with Crippen molar-refractivity contribution >= 4 is 0 Å². The Hall–Kier alpha value is -1.10. The quantitative estimate of drug-likeness (QED) is 0.682. The van der Waals surface area contributed by atoms with Gasteiger partial charge in [0, 0.05) is 13.2 Å². The second-order valence-electron chi connectivity index (χ2n) is 5.16. The van der Waals surface area contributed by atoms with Gasteiger partial charge in [0.05, 0.1) is 6.61 Å². The van der Waals surface area contributed by atoms with Gasteiger partial charge < -0.3 is 20.3 Å². The van der Waals surface area contributed by atoms with Crippen LogP contribution in [0.5, 0.6) is 5.75 Å². The normalized spacial score (nSPS) is 12.4. The van der Waals surface area contributed by atoms with Crippen LogP contribution in [0.25, 0.3) is 0 Å². The van der Waals surface area contributed by atoms with Crippen molar-refractivity contribution in [3.8, 4) is 5.75 Å². The molecule has 114 valence electrons. The SMILES string of the molecule is CCCCOCC(O)COc1c(C)cc(CN)cc1C. The molecule has 4 nitrogen and oxygen atoms in total. The second kappa shape index (κ2) is 8.95. The van der Waals surface area contributed by atoms with Crippen molar-refractivity contribution in [3.63, 3.8) is 0 Å². The van der Waals surface area contributed by atoms with Crippen LogP contribution in [0.4, 0.5) is 0 Å². The summed E-state index contributed by atoms with van der Waals surface area (Å²) in [4.78, 5) is 0. The van der Waals surface area contributed by atoms with Gasteiger partial charge in [-0.1, -0.05) is 25.5 Å². The van der Waals surface area contributed by atoms with Crippen LogP contribution in [0, 0.1) is 13.8 Å². The van der Waals surface area contributed by atoms with E-state index in [0.717, 1.165) is 35.3 Å². The number of rotatable bonds is 9. The molecule has 0 aliphatic heterocycles. The smallest absolute Gasteiger partial charge is 0.125 e. The summed E-state index contributed by atoms with van der Waals surface area (Å²) in [6.45, 7) is 7.87. The van der Waals surface area contributed by atoms with Crippen molar-refractivity contribution in [2.24, 2.45) is 5.73 Å². The largest absolute Gasteiger partial charge is 0.490 e. The molecule has 0 aromatic heterocycles. The van der Waals surface area contributed by atoms with E-state index in [1.807, 2.05) is 26.0 Å². The van der Waals surface area contributed by atoms with Crippen LogP contribution in [0.3, 0.4) is 0 Å². The number of hydrogen-bond donors (Lipinski definition) is 2. The van der Waals surface area contributed by atoms with Gasteiger partial charge in [0.1, 0.15) is 18.5 Å². The zero-order valence-electron chi connectivity index (χ0n) is 12.8. The Morgan fingerprint density at radius 1 is 1.20 bits per heavy atom. The molecule has 0 radical (unpaired) electrons. The van der Waals surface area contributed by atoms with Crippen molar-refractivity contribution in [1.29, 1.82) is 0 Å². The number of aliphatic hydroxyl groups excluding tert-OH is 1. The molecule has 1 rings (SSSR count). The Bertz CT molecular complexity index is 384. The summed E-state index contributed by atoms with van der Waals surface area (Å²) in [5, 5.41) is 9.82. The van der Waals surface area contributed by atoms with E-state index in [1.165, 1.54) is 0 Å². The van der Waals surface area contributed by atoms with E-state index in [4.69, 9.17) is 15.2 Å². The Balaban J connectivity index is 2.45. The van der Waals surface area contributed by atoms with E-state index in [9.17, 15) is 5.11 Å². The molecule has 1 unspecified atom stereocenters. The number of ether oxygens (including phenoxy) is 2. The van der Waals surface area contributed by atoms with Crippen molar-refractivity contribution < 1.29 is 14.6 Å². The lowest BCUT2D eigenvalue weighted by molar-refractivity contribution is 0.0110. The maximum absolute atomic E-state index is 9.82. The molecule has 0 heterocycles. The van der Waals surface area contributed by atoms with Gasteiger partial charge in [-0.2, -0.15) is 0 Å². The molecule has 0 spiro atoms. The third-order valence-corrected chi connectivity index (χ3v) is 3.13. The molecule has 0 aliphatic carbocycles. The minimum absolute atomic E-state index is 0.246. The molecule has 1 atom stereocenters. The van der Waals surface area contributed by atoms with E-state index in [1.54, 1.807) is 0 Å². The zero-order chi connectivity index (χ0) is 15.0. The molecular formula is C16H27NO3. The lowest BCUT2D eigenvalue weighted by Crippen LogP contribution is -2.24. The topological polar surface area (TPSA) is 64.7 Å². The van der Waals surface area contributed by atoms with Crippen molar-refractivity contribution in [1.82, 2.24) is 0 Å². The van der Waals surface area contributed by atoms with Crippen molar-refractivity contribution in [2.45, 2.75) is 46.3 Å². The van der Waals surface area contributed by atoms with E-state index < -0.39 is 6.10 Å². The van der Waals surface area contributed by atoms with Crippen molar-refractivity contribution in [3.05, 3.63) is 28.8 Å². The first kappa shape index (κ1) is 17.0. The highest BCUT2D eigenvalue weighted by Crippen LogP contribution is 2.24. The van der Waals surface area contributed by atoms with Crippen LogP contribution < -0.4 is 10.5 Å². The average Bonchev–Trinajstić information content (AvgIpc) is 2.42. The molecule has 20 heavy (non-hydrogen) atoms. The number of unbranched alkanes of at least 4 members (excludes halogenated alkanes) is 1. The fourth-order valence-electron chi connectivity index (χ4n) is 2.08. The summed E-state index contributed by atoms with van der Waals surface area (Å²) in [5.41, 5.74) is 8.83. The molecular weight excluding hydrogens is 254 g/mol. The maximum atomic E-state index is 9.82. The van der Waals surface area contributed by atoms with Gasteiger partial charge in [-0.3, -0.25) is 0 Å². The van der Waals surface area contributed by atoms with Crippen molar-refractivity contribution in [2.75, 3.05) is 19.8 Å². The summed E-state index contributed by atoms with van der Waals surface area (Å²) < 4.78 is 11.1. The second-order valence-corrected chi connectivity index (χ2v) is 5.16. The highest BCUT2D eigenvalue weighted by Gasteiger charge is 2.10. The molecule has 1 aromatic carbocycles. The number of hydrogen-bond acceptors (Lipinski definition) is 4. The number of nitrogens with two attached hydrogens (primary N) is 1. The van der Waals surface area contributed by atoms with E-state index >= 15 is 0 Å². The lowest BCUT2D eigenvalue weighted by atomic mass is 10.1. The van der Waals surface area contributed by atoms with Gasteiger partial charge >= 0.3 is 0 Å². The number of benzene rings is 1. The minimum atomic E-state index is -0.597. The van der Waals surface area contributed by atoms with Crippen LogP contribution in [0.2, 0.25) is 0 Å². The van der Waals surface area contributed by atoms with E-state index in [2.05, 4.69) is 6.92 Å². The first-order valence-corrected chi connectivity index (χ1v) is 7.27. The first-order valence-electron chi connectivity index (χ1n) is 7.27. The standard InChI is InChI=1S/C16H27NO3/c1-4-5-6-19-10-15(18)11-20-16-12(2)7-14(9-17)8-13(16)3/h7-8,15,18H,4-6,9-11,17H2,1-3H3. The Labute approximate surface area is 121 Å². The van der Waals surface area contributed by atoms with Crippen LogP contribution >= 0.6 is 0 Å². The molecule has 0 saturated carbocycles. The monoisotopic (exact) mass is 281 g/mol. The van der Waals surface area contributed by atoms with Crippen LogP contribution in [-0.2, 0) is 11.3 Å². The molecule has 4 heteroatoms. The summed E-state index contributed by atoms with van der Waals surface area (Å²) in [6, 6.07) is 4.04. The third-order valence-electron chi connectivity index (χ3n) is 3.13. The fourth-order valence-corrected chi connectivity index (χ4v) is 2.08. The Morgan fingerprint density at radius 3 is 2.40 bits per heavy atom. The van der Waals surface area contributed by atoms with Gasteiger partial charge in [0.25, 0.3) is 0 Å².